The number of rotatable bonds is 5. The molecule has 9 nitrogen and oxygen atoms in total. The molecule has 0 aromatic heterocycles. The summed E-state index contributed by atoms with van der Waals surface area (Å²) in [7, 11) is 2.73. The lowest BCUT2D eigenvalue weighted by Crippen LogP contribution is -2.39. The Morgan fingerprint density at radius 3 is 2.08 bits per heavy atom. The van der Waals surface area contributed by atoms with Gasteiger partial charge in [-0.2, -0.15) is 4.79 Å². The molecule has 0 aliphatic carbocycles. The molecule has 0 aliphatic heterocycles. The molecule has 2 rings (SSSR count). The average Bonchev–Trinajstić information content (AvgIpc) is 2.67. The summed E-state index contributed by atoms with van der Waals surface area (Å²) in [5.74, 6) is -0.915. The van der Waals surface area contributed by atoms with Gasteiger partial charge in [-0.1, -0.05) is 0 Å². The lowest BCUT2D eigenvalue weighted by molar-refractivity contribution is -0.384. The van der Waals surface area contributed by atoms with Crippen molar-refractivity contribution >= 4 is 23.2 Å². The highest BCUT2D eigenvalue weighted by atomic mass is 16.6. The van der Waals surface area contributed by atoms with Crippen LogP contribution in [0.4, 0.5) is 5.69 Å². The second kappa shape index (κ2) is 7.82. The average molecular weight is 354 g/mol. The van der Waals surface area contributed by atoms with Crippen molar-refractivity contribution in [2.24, 2.45) is 0 Å². The van der Waals surface area contributed by atoms with E-state index in [9.17, 15) is 25.2 Å². The molecular formula is C17H14N4O5. The van der Waals surface area contributed by atoms with E-state index in [1.165, 1.54) is 50.6 Å². The summed E-state index contributed by atoms with van der Waals surface area (Å²) in [5, 5.41) is 10.7. The van der Waals surface area contributed by atoms with Crippen LogP contribution in [0.15, 0.2) is 48.5 Å². The van der Waals surface area contributed by atoms with Gasteiger partial charge in [0.05, 0.1) is 17.6 Å². The standard InChI is InChI=1S/C17H14N4O5/c1-20(16(22)12-5-9-14(26-2)10-6-12)17(23)15(19-18)11-3-7-13(8-4-11)21(24)25/h3-10H,1-2H3. The number of carbonyl (C=O) groups excluding carboxylic acids is 2. The number of non-ortho nitro benzene ring substituents is 1. The third-order valence-electron chi connectivity index (χ3n) is 3.60. The van der Waals surface area contributed by atoms with Crippen molar-refractivity contribution in [1.29, 1.82) is 0 Å². The third kappa shape index (κ3) is 3.80. The molecule has 0 spiro atoms. The van der Waals surface area contributed by atoms with Crippen molar-refractivity contribution in [3.8, 4) is 5.75 Å². The van der Waals surface area contributed by atoms with Crippen LogP contribution in [-0.4, -0.2) is 46.3 Å². The zero-order chi connectivity index (χ0) is 19.3. The molecule has 2 aromatic rings. The van der Waals surface area contributed by atoms with E-state index in [0.717, 1.165) is 4.90 Å². The van der Waals surface area contributed by atoms with Crippen LogP contribution < -0.4 is 4.74 Å². The second-order valence-electron chi connectivity index (χ2n) is 5.15. The van der Waals surface area contributed by atoms with Crippen LogP contribution >= 0.6 is 0 Å². The summed E-state index contributed by atoms with van der Waals surface area (Å²) in [4.78, 5) is 38.7. The normalized spacial score (nSPS) is 9.77. The zero-order valence-electron chi connectivity index (χ0n) is 13.9. The highest BCUT2D eigenvalue weighted by Crippen LogP contribution is 2.15. The fourth-order valence-corrected chi connectivity index (χ4v) is 2.14. The highest BCUT2D eigenvalue weighted by molar-refractivity contribution is 6.45. The fourth-order valence-electron chi connectivity index (χ4n) is 2.14. The molecule has 0 saturated heterocycles. The van der Waals surface area contributed by atoms with E-state index in [1.807, 2.05) is 0 Å². The maximum absolute atomic E-state index is 12.5. The molecule has 0 bridgehead atoms. The number of likely N-dealkylation sites (N-methyl/N-ethyl adjacent to an activating group) is 1. The van der Waals surface area contributed by atoms with Crippen LogP contribution in [0.5, 0.6) is 5.75 Å². The highest BCUT2D eigenvalue weighted by Gasteiger charge is 2.31. The first-order valence-electron chi connectivity index (χ1n) is 7.32. The third-order valence-corrected chi connectivity index (χ3v) is 3.60. The number of amides is 2. The Kier molecular flexibility index (Phi) is 5.56. The Labute approximate surface area is 148 Å². The maximum atomic E-state index is 12.5. The first-order chi connectivity index (χ1) is 12.4. The first kappa shape index (κ1) is 18.5. The first-order valence-corrected chi connectivity index (χ1v) is 7.32. The molecule has 0 fully saturated rings. The van der Waals surface area contributed by atoms with Crippen LogP contribution in [0.1, 0.15) is 15.9 Å². The Morgan fingerprint density at radius 2 is 1.62 bits per heavy atom. The maximum Gasteiger partial charge on any atom is 0.387 e. The summed E-state index contributed by atoms with van der Waals surface area (Å²) in [5.41, 5.74) is 8.96. The Balaban J connectivity index is 2.24. The van der Waals surface area contributed by atoms with Crippen LogP contribution in [0, 0.1) is 10.1 Å². The number of carbonyl (C=O) groups is 2. The van der Waals surface area contributed by atoms with Gasteiger partial charge in [0.25, 0.3) is 11.6 Å². The Morgan fingerprint density at radius 1 is 1.08 bits per heavy atom. The molecule has 132 valence electrons. The van der Waals surface area contributed by atoms with Crippen LogP contribution in [-0.2, 0) is 4.79 Å². The van der Waals surface area contributed by atoms with Crippen molar-refractivity contribution in [2.75, 3.05) is 14.2 Å². The van der Waals surface area contributed by atoms with Gasteiger partial charge in [-0.15, -0.1) is 0 Å². The Hall–Kier alpha value is -3.84. The largest absolute Gasteiger partial charge is 0.497 e. The van der Waals surface area contributed by atoms with Crippen molar-refractivity contribution in [3.05, 3.63) is 75.3 Å². The van der Waals surface area contributed by atoms with E-state index < -0.39 is 22.4 Å². The van der Waals surface area contributed by atoms with E-state index >= 15 is 0 Å². The number of ether oxygens (including phenoxy) is 1. The number of methoxy groups -OCH3 is 1. The number of hydrogen-bond donors (Lipinski definition) is 0. The van der Waals surface area contributed by atoms with Crippen LogP contribution in [0.2, 0.25) is 0 Å². The molecule has 0 atom stereocenters. The number of nitro groups is 1. The predicted molar refractivity (Wildman–Crippen MR) is 90.9 cm³/mol. The van der Waals surface area contributed by atoms with Gasteiger partial charge in [0.15, 0.2) is 0 Å². The van der Waals surface area contributed by atoms with E-state index in [4.69, 9.17) is 4.74 Å². The van der Waals surface area contributed by atoms with Crippen molar-refractivity contribution in [1.82, 2.24) is 4.90 Å². The number of hydrogen-bond acceptors (Lipinski definition) is 5. The van der Waals surface area contributed by atoms with E-state index in [-0.39, 0.29) is 16.8 Å². The summed E-state index contributed by atoms with van der Waals surface area (Å²) in [6.07, 6.45) is 0. The van der Waals surface area contributed by atoms with Gasteiger partial charge in [-0.3, -0.25) is 24.6 Å². The summed E-state index contributed by atoms with van der Waals surface area (Å²) >= 11 is 0. The topological polar surface area (TPSA) is 126 Å². The molecule has 9 heteroatoms. The SMILES string of the molecule is COc1ccc(C(=O)N(C)C(=O)C(=[N+]=[N-])c2ccc([N+](=O)[O-])cc2)cc1. The summed E-state index contributed by atoms with van der Waals surface area (Å²) in [6.45, 7) is 0. The van der Waals surface area contributed by atoms with Gasteiger partial charge in [0.1, 0.15) is 5.75 Å². The van der Waals surface area contributed by atoms with Gasteiger partial charge in [-0.25, -0.2) is 0 Å². The molecular weight excluding hydrogens is 340 g/mol. The molecule has 0 aliphatic rings. The lowest BCUT2D eigenvalue weighted by Gasteiger charge is -2.13. The van der Waals surface area contributed by atoms with E-state index in [0.29, 0.717) is 5.75 Å². The quantitative estimate of drug-likeness (QED) is 0.266. The Bertz CT molecular complexity index is 900. The molecule has 0 radical (unpaired) electrons. The van der Waals surface area contributed by atoms with Gasteiger partial charge in [-0.05, 0) is 36.4 Å². The van der Waals surface area contributed by atoms with Gasteiger partial charge >= 0.3 is 11.6 Å². The summed E-state index contributed by atoms with van der Waals surface area (Å²) < 4.78 is 5.00. The summed E-state index contributed by atoms with van der Waals surface area (Å²) in [6, 6.07) is 11.0. The van der Waals surface area contributed by atoms with Gasteiger partial charge < -0.3 is 10.3 Å². The minimum atomic E-state index is -0.859. The lowest BCUT2D eigenvalue weighted by atomic mass is 10.1. The molecule has 0 heterocycles. The minimum Gasteiger partial charge on any atom is -0.497 e. The van der Waals surface area contributed by atoms with Crippen molar-refractivity contribution < 1.29 is 24.0 Å². The van der Waals surface area contributed by atoms with Gasteiger partial charge in [0.2, 0.25) is 0 Å². The number of imide groups is 1. The minimum absolute atomic E-state index is 0.137. The van der Waals surface area contributed by atoms with E-state index in [1.54, 1.807) is 12.1 Å². The van der Waals surface area contributed by atoms with Crippen molar-refractivity contribution in [2.45, 2.75) is 0 Å². The van der Waals surface area contributed by atoms with Crippen LogP contribution in [0.3, 0.4) is 0 Å². The molecule has 2 aromatic carbocycles. The van der Waals surface area contributed by atoms with Gasteiger partial charge in [0, 0.05) is 24.7 Å². The molecule has 0 N–H and O–H groups in total. The van der Waals surface area contributed by atoms with E-state index in [2.05, 4.69) is 4.79 Å². The van der Waals surface area contributed by atoms with Crippen molar-refractivity contribution in [3.63, 3.8) is 0 Å². The zero-order valence-corrected chi connectivity index (χ0v) is 13.9. The number of nitro benzene ring substituents is 1. The number of nitrogens with zero attached hydrogens (tertiary/aromatic N) is 4. The molecule has 26 heavy (non-hydrogen) atoms. The molecule has 2 amide bonds. The van der Waals surface area contributed by atoms with Crippen LogP contribution in [0.25, 0.3) is 5.53 Å². The fraction of sp³-hybridized carbons (Fsp3) is 0.118. The molecule has 0 saturated carbocycles. The molecule has 0 unspecified atom stereocenters. The monoisotopic (exact) mass is 354 g/mol. The number of benzene rings is 2. The predicted octanol–water partition coefficient (Wildman–Crippen LogP) is 1.92. The second-order valence-corrected chi connectivity index (χ2v) is 5.15. The smallest absolute Gasteiger partial charge is 0.387 e.